The molecule has 0 atom stereocenters. The molecule has 0 spiro atoms. The van der Waals surface area contributed by atoms with Gasteiger partial charge in [-0.3, -0.25) is 0 Å². The molecule has 42 heavy (non-hydrogen) atoms. The molecule has 8 bridgehead atoms. The zero-order valence-corrected chi connectivity index (χ0v) is 23.3. The molecule has 9 rings (SSSR count). The molecule has 0 saturated heterocycles. The van der Waals surface area contributed by atoms with E-state index in [4.69, 9.17) is 39.9 Å². The van der Waals surface area contributed by atoms with Crippen LogP contribution in [0.4, 0.5) is 0 Å². The van der Waals surface area contributed by atoms with Crippen LogP contribution in [0, 0.1) is 0 Å². The van der Waals surface area contributed by atoms with E-state index in [0.717, 1.165) is 43.8 Å². The predicted octanol–water partition coefficient (Wildman–Crippen LogP) is 6.55. The number of fused-ring (bicyclic) bond motifs is 20. The maximum atomic E-state index is 4.95. The van der Waals surface area contributed by atoms with Crippen molar-refractivity contribution in [3.05, 3.63) is 97.1 Å². The molecule has 5 heterocycles. The smallest absolute Gasteiger partial charge is 0.357 e. The van der Waals surface area contributed by atoms with Crippen molar-refractivity contribution in [2.45, 2.75) is 0 Å². The first-order valence-electron chi connectivity index (χ1n) is 12.9. The summed E-state index contributed by atoms with van der Waals surface area (Å²) >= 11 is 0. The van der Waals surface area contributed by atoms with E-state index in [9.17, 15) is 0 Å². The van der Waals surface area contributed by atoms with Crippen LogP contribution < -0.4 is 9.97 Å². The summed E-state index contributed by atoms with van der Waals surface area (Å²) in [5, 5.41) is 3.57. The Balaban J connectivity index is 0.00000144. The number of halogens is 1. The summed E-state index contributed by atoms with van der Waals surface area (Å²) in [5.41, 5.74) is 5.78. The maximum Gasteiger partial charge on any atom is 2.00 e. The summed E-state index contributed by atoms with van der Waals surface area (Å²) < 4.78 is 0. The van der Waals surface area contributed by atoms with Gasteiger partial charge >= 0.3 is 17.1 Å². The quantitative estimate of drug-likeness (QED) is 0.178. The van der Waals surface area contributed by atoms with Crippen LogP contribution in [0.15, 0.2) is 97.1 Å². The number of aromatic nitrogens is 8. The molecule has 4 aromatic carbocycles. The Hall–Kier alpha value is -4.95. The number of hydrogen-bond acceptors (Lipinski definition) is 6. The molecule has 8 nitrogen and oxygen atoms in total. The Kier molecular flexibility index (Phi) is 6.09. The molecule has 1 radical (unpaired) electrons. The summed E-state index contributed by atoms with van der Waals surface area (Å²) in [5.74, 6) is 2.21. The molecule has 203 valence electrons. The van der Waals surface area contributed by atoms with Gasteiger partial charge in [0.2, 0.25) is 0 Å². The zero-order chi connectivity index (χ0) is 26.2. The fourth-order valence-electron chi connectivity index (χ4n) is 5.46. The second-order valence-electron chi connectivity index (χ2n) is 9.67. The van der Waals surface area contributed by atoms with Crippen molar-refractivity contribution in [1.29, 1.82) is 0 Å². The van der Waals surface area contributed by atoms with E-state index >= 15 is 0 Å². The standard InChI is InChI=1S/C32H16N8.ClH.Cu/c1-2-10-18-17(9-1)25-33-26(18)38-28-21-13-5-6-14-22(21)30(35-28)40-32-24-16-8-7-15-23(24)31(36-32)39-29-20-12-4-3-11-19(20)27(34-29)37-25;;/h1-16H;1H;/q-2;;+2. The first-order chi connectivity index (χ1) is 19.8. The van der Waals surface area contributed by atoms with Crippen molar-refractivity contribution in [1.82, 2.24) is 39.9 Å². The first-order valence-corrected chi connectivity index (χ1v) is 12.9. The van der Waals surface area contributed by atoms with Gasteiger partial charge in [0.1, 0.15) is 0 Å². The van der Waals surface area contributed by atoms with Crippen molar-refractivity contribution in [2.75, 3.05) is 0 Å². The van der Waals surface area contributed by atoms with Crippen molar-refractivity contribution >= 4 is 56.5 Å². The Morgan fingerprint density at radius 1 is 0.333 bits per heavy atom. The van der Waals surface area contributed by atoms with E-state index in [1.165, 1.54) is 0 Å². The number of hydrogen-bond donors (Lipinski definition) is 0. The first kappa shape index (κ1) is 26.0. The van der Waals surface area contributed by atoms with Gasteiger partial charge in [-0.1, -0.05) is 97.1 Å². The minimum atomic E-state index is 0. The van der Waals surface area contributed by atoms with Crippen molar-refractivity contribution in [3.8, 4) is 45.6 Å². The van der Waals surface area contributed by atoms with Crippen LogP contribution in [0.3, 0.4) is 0 Å². The van der Waals surface area contributed by atoms with Gasteiger partial charge in [-0.15, -0.1) is 12.4 Å². The third kappa shape index (κ3) is 3.83. The van der Waals surface area contributed by atoms with E-state index in [1.54, 1.807) is 0 Å². The Labute approximate surface area is 255 Å². The molecule has 0 fully saturated rings. The second kappa shape index (κ2) is 9.85. The van der Waals surface area contributed by atoms with Crippen LogP contribution in [-0.2, 0) is 17.1 Å². The Bertz CT molecular complexity index is 2040. The fourth-order valence-corrected chi connectivity index (χ4v) is 5.46. The SMILES string of the molecule is Cl.[Cu+2].c1ccc2c(c1)-c1nc-2nc2[n-]c(nc3nc(nc4[n-]c(n1)c1ccccc41)-c1ccccc1-3)c1ccccc21. The fraction of sp³-hybridized carbons (Fsp3) is 0. The van der Waals surface area contributed by atoms with Gasteiger partial charge in [0.25, 0.3) is 0 Å². The van der Waals surface area contributed by atoms with Crippen molar-refractivity contribution < 1.29 is 17.1 Å². The van der Waals surface area contributed by atoms with Crippen LogP contribution >= 0.6 is 12.4 Å². The summed E-state index contributed by atoms with van der Waals surface area (Å²) in [6.45, 7) is 0. The molecule has 10 heteroatoms. The average Bonchev–Trinajstić information content (AvgIpc) is 3.73. The molecule has 0 amide bonds. The minimum Gasteiger partial charge on any atom is -0.357 e. The largest absolute Gasteiger partial charge is 2.00 e. The van der Waals surface area contributed by atoms with E-state index in [1.807, 2.05) is 97.1 Å². The predicted molar refractivity (Wildman–Crippen MR) is 161 cm³/mol. The van der Waals surface area contributed by atoms with Gasteiger partial charge in [0.15, 0.2) is 0 Å². The minimum absolute atomic E-state index is 0. The van der Waals surface area contributed by atoms with Gasteiger partial charge < -0.3 is 29.9 Å². The Morgan fingerprint density at radius 3 is 0.833 bits per heavy atom. The van der Waals surface area contributed by atoms with Gasteiger partial charge in [-0.05, 0) is 21.5 Å². The van der Waals surface area contributed by atoms with E-state index in [0.29, 0.717) is 45.9 Å². The number of rotatable bonds is 0. The van der Waals surface area contributed by atoms with Crippen molar-refractivity contribution in [2.24, 2.45) is 0 Å². The van der Waals surface area contributed by atoms with E-state index in [2.05, 4.69) is 0 Å². The molecule has 3 aromatic heterocycles. The van der Waals surface area contributed by atoms with Crippen LogP contribution in [0.1, 0.15) is 0 Å². The van der Waals surface area contributed by atoms with Gasteiger partial charge in [0.05, 0.1) is 23.3 Å². The van der Waals surface area contributed by atoms with Crippen molar-refractivity contribution in [3.63, 3.8) is 0 Å². The number of nitrogens with zero attached hydrogens (tertiary/aromatic N) is 8. The molecule has 7 aromatic rings. The molecule has 0 N–H and O–H groups in total. The molecule has 2 aliphatic rings. The van der Waals surface area contributed by atoms with Gasteiger partial charge in [0, 0.05) is 44.8 Å². The van der Waals surface area contributed by atoms with Crippen LogP contribution in [0.5, 0.6) is 0 Å². The monoisotopic (exact) mass is 611 g/mol. The molecular weight excluding hydrogens is 595 g/mol. The van der Waals surface area contributed by atoms with Crippen LogP contribution in [-0.4, -0.2) is 29.9 Å². The van der Waals surface area contributed by atoms with Crippen LogP contribution in [0.25, 0.3) is 89.7 Å². The van der Waals surface area contributed by atoms with Gasteiger partial charge in [-0.25, -0.2) is 9.97 Å². The summed E-state index contributed by atoms with van der Waals surface area (Å²) in [6.07, 6.45) is 0. The topological polar surface area (TPSA) is 106 Å². The van der Waals surface area contributed by atoms with Crippen LogP contribution in [0.2, 0.25) is 0 Å². The zero-order valence-electron chi connectivity index (χ0n) is 21.5. The maximum absolute atomic E-state index is 4.95. The average molecular weight is 613 g/mol. The summed E-state index contributed by atoms with van der Waals surface area (Å²) in [7, 11) is 0. The molecule has 0 aliphatic carbocycles. The Morgan fingerprint density at radius 2 is 0.571 bits per heavy atom. The molecule has 0 saturated carbocycles. The molecule has 2 aliphatic heterocycles. The molecular formula is C32H17ClCuN8. The summed E-state index contributed by atoms with van der Waals surface area (Å²) in [6, 6.07) is 31.8. The summed E-state index contributed by atoms with van der Waals surface area (Å²) in [4.78, 5) is 39.3. The van der Waals surface area contributed by atoms with Gasteiger partial charge in [-0.2, -0.15) is 0 Å². The second-order valence-corrected chi connectivity index (χ2v) is 9.67. The third-order valence-electron chi connectivity index (χ3n) is 7.33. The van der Waals surface area contributed by atoms with E-state index in [-0.39, 0.29) is 29.5 Å². The van der Waals surface area contributed by atoms with E-state index < -0.39 is 0 Å². The molecule has 0 unspecified atom stereocenters. The third-order valence-corrected chi connectivity index (χ3v) is 7.33. The normalized spacial score (nSPS) is 11.4. The number of benzene rings is 4.